The summed E-state index contributed by atoms with van der Waals surface area (Å²) in [4.78, 5) is 23.9. The number of methoxy groups -OCH3 is 1. The van der Waals surface area contributed by atoms with Gasteiger partial charge in [-0.15, -0.1) is 0 Å². The van der Waals surface area contributed by atoms with Crippen molar-refractivity contribution in [3.8, 4) is 5.75 Å². The Morgan fingerprint density at radius 3 is 2.41 bits per heavy atom. The largest absolute Gasteiger partial charge is 0.495 e. The zero-order valence-corrected chi connectivity index (χ0v) is 17.4. The summed E-state index contributed by atoms with van der Waals surface area (Å²) >= 11 is 0. The van der Waals surface area contributed by atoms with Crippen LogP contribution in [0.1, 0.15) is 30.3 Å². The molecule has 6 nitrogen and oxygen atoms in total. The Balaban J connectivity index is 1.41. The first-order chi connectivity index (χ1) is 14.2. The van der Waals surface area contributed by atoms with Crippen LogP contribution in [0, 0.1) is 5.92 Å². The van der Waals surface area contributed by atoms with E-state index in [1.165, 1.54) is 0 Å². The van der Waals surface area contributed by atoms with Crippen LogP contribution in [0.4, 0.5) is 11.4 Å². The molecule has 0 saturated carbocycles. The van der Waals surface area contributed by atoms with Gasteiger partial charge in [-0.05, 0) is 43.0 Å². The quantitative estimate of drug-likeness (QED) is 0.796. The highest BCUT2D eigenvalue weighted by Gasteiger charge is 2.24. The van der Waals surface area contributed by atoms with Gasteiger partial charge < -0.3 is 19.4 Å². The van der Waals surface area contributed by atoms with Gasteiger partial charge in [0.15, 0.2) is 0 Å². The predicted molar refractivity (Wildman–Crippen MR) is 116 cm³/mol. The molecule has 1 aromatic heterocycles. The molecule has 3 heterocycles. The highest BCUT2D eigenvalue weighted by molar-refractivity contribution is 5.93. The highest BCUT2D eigenvalue weighted by atomic mass is 16.5. The Morgan fingerprint density at radius 1 is 1.00 bits per heavy atom. The Hall–Kier alpha value is -2.76. The molecule has 2 fully saturated rings. The number of likely N-dealkylation sites (tertiary alicyclic amines) is 1. The highest BCUT2D eigenvalue weighted by Crippen LogP contribution is 2.29. The summed E-state index contributed by atoms with van der Waals surface area (Å²) in [6.07, 6.45) is 3.93. The molecule has 154 valence electrons. The molecule has 2 saturated heterocycles. The molecule has 6 heteroatoms. The van der Waals surface area contributed by atoms with Crippen LogP contribution in [-0.2, 0) is 0 Å². The molecule has 2 aromatic rings. The summed E-state index contributed by atoms with van der Waals surface area (Å²) in [5, 5.41) is 0. The number of ether oxygens (including phenoxy) is 1. The maximum absolute atomic E-state index is 12.9. The Bertz CT molecular complexity index is 840. The first-order valence-electron chi connectivity index (χ1n) is 10.5. The molecule has 0 unspecified atom stereocenters. The number of piperazine rings is 1. The smallest absolute Gasteiger partial charge is 0.272 e. The fourth-order valence-corrected chi connectivity index (χ4v) is 4.20. The zero-order chi connectivity index (χ0) is 20.2. The van der Waals surface area contributed by atoms with Crippen LogP contribution in [0.5, 0.6) is 5.75 Å². The third kappa shape index (κ3) is 4.31. The molecular weight excluding hydrogens is 364 g/mol. The van der Waals surface area contributed by atoms with Crippen LogP contribution in [-0.4, -0.2) is 62.2 Å². The molecule has 0 aliphatic carbocycles. The lowest BCUT2D eigenvalue weighted by Gasteiger charge is -2.38. The number of amides is 1. The fraction of sp³-hybridized carbons (Fsp3) is 0.478. The van der Waals surface area contributed by atoms with E-state index >= 15 is 0 Å². The summed E-state index contributed by atoms with van der Waals surface area (Å²) in [7, 11) is 1.72. The molecule has 29 heavy (non-hydrogen) atoms. The molecule has 0 bridgehead atoms. The van der Waals surface area contributed by atoms with Crippen molar-refractivity contribution in [2.45, 2.75) is 19.8 Å². The average molecular weight is 395 g/mol. The number of nitrogens with zero attached hydrogens (tertiary/aromatic N) is 4. The van der Waals surface area contributed by atoms with Crippen molar-refractivity contribution >= 4 is 17.3 Å². The second-order valence-corrected chi connectivity index (χ2v) is 8.02. The maximum Gasteiger partial charge on any atom is 0.272 e. The van der Waals surface area contributed by atoms with E-state index in [0.717, 1.165) is 69.2 Å². The summed E-state index contributed by atoms with van der Waals surface area (Å²) < 4.78 is 5.51. The molecule has 1 aromatic carbocycles. The van der Waals surface area contributed by atoms with E-state index in [4.69, 9.17) is 4.74 Å². The van der Waals surface area contributed by atoms with Crippen LogP contribution < -0.4 is 14.5 Å². The van der Waals surface area contributed by atoms with Crippen molar-refractivity contribution in [1.29, 1.82) is 0 Å². The van der Waals surface area contributed by atoms with Crippen molar-refractivity contribution in [3.05, 3.63) is 48.3 Å². The summed E-state index contributed by atoms with van der Waals surface area (Å²) in [5.74, 6) is 1.68. The van der Waals surface area contributed by atoms with Crippen molar-refractivity contribution in [1.82, 2.24) is 9.88 Å². The lowest BCUT2D eigenvalue weighted by atomic mass is 9.99. The first kappa shape index (κ1) is 19.6. The topological polar surface area (TPSA) is 48.9 Å². The fourth-order valence-electron chi connectivity index (χ4n) is 4.20. The molecule has 0 N–H and O–H groups in total. The van der Waals surface area contributed by atoms with Gasteiger partial charge in [0, 0.05) is 51.2 Å². The average Bonchev–Trinajstić information content (AvgIpc) is 2.79. The van der Waals surface area contributed by atoms with Gasteiger partial charge in [0.2, 0.25) is 0 Å². The van der Waals surface area contributed by atoms with Crippen molar-refractivity contribution in [2.24, 2.45) is 5.92 Å². The molecular formula is C23H30N4O2. The SMILES string of the molecule is COc1ccccc1N1CCN(c2ccnc(C(=O)N3CCC(C)CC3)c2)CC1. The van der Waals surface area contributed by atoms with Gasteiger partial charge in [-0.3, -0.25) is 9.78 Å². The number of benzene rings is 1. The Morgan fingerprint density at radius 2 is 1.69 bits per heavy atom. The Labute approximate surface area is 173 Å². The molecule has 4 rings (SSSR count). The summed E-state index contributed by atoms with van der Waals surface area (Å²) in [5.41, 5.74) is 2.78. The van der Waals surface area contributed by atoms with Crippen LogP contribution >= 0.6 is 0 Å². The number of carbonyl (C=O) groups is 1. The van der Waals surface area contributed by atoms with Crippen LogP contribution in [0.25, 0.3) is 0 Å². The molecule has 2 aliphatic heterocycles. The minimum Gasteiger partial charge on any atom is -0.495 e. The van der Waals surface area contributed by atoms with Gasteiger partial charge in [-0.1, -0.05) is 19.1 Å². The van der Waals surface area contributed by atoms with E-state index in [1.54, 1.807) is 13.3 Å². The van der Waals surface area contributed by atoms with Crippen LogP contribution in [0.15, 0.2) is 42.6 Å². The molecule has 2 aliphatic rings. The third-order valence-corrected chi connectivity index (χ3v) is 6.10. The minimum atomic E-state index is 0.0615. The van der Waals surface area contributed by atoms with E-state index in [1.807, 2.05) is 35.2 Å². The summed E-state index contributed by atoms with van der Waals surface area (Å²) in [6, 6.07) is 12.1. The van der Waals surface area contributed by atoms with Crippen LogP contribution in [0.2, 0.25) is 0 Å². The van der Waals surface area contributed by atoms with Gasteiger partial charge in [-0.25, -0.2) is 0 Å². The van der Waals surface area contributed by atoms with E-state index in [2.05, 4.69) is 27.8 Å². The van der Waals surface area contributed by atoms with Gasteiger partial charge in [0.1, 0.15) is 11.4 Å². The number of anilines is 2. The standard InChI is InChI=1S/C23H30N4O2/c1-18-8-11-27(12-9-18)23(28)20-17-19(7-10-24-20)25-13-15-26(16-14-25)21-5-3-4-6-22(21)29-2/h3-7,10,17-18H,8-9,11-16H2,1-2H3. The maximum atomic E-state index is 12.9. The number of hydrogen-bond donors (Lipinski definition) is 0. The number of para-hydroxylation sites is 2. The lowest BCUT2D eigenvalue weighted by molar-refractivity contribution is 0.0691. The first-order valence-corrected chi connectivity index (χ1v) is 10.5. The van der Waals surface area contributed by atoms with Crippen molar-refractivity contribution < 1.29 is 9.53 Å². The predicted octanol–water partition coefficient (Wildman–Crippen LogP) is 3.29. The number of carbonyl (C=O) groups excluding carboxylic acids is 1. The number of aromatic nitrogens is 1. The van der Waals surface area contributed by atoms with Gasteiger partial charge in [0.05, 0.1) is 12.8 Å². The normalized spacial score (nSPS) is 18.1. The third-order valence-electron chi connectivity index (χ3n) is 6.10. The van der Waals surface area contributed by atoms with Gasteiger partial charge in [-0.2, -0.15) is 0 Å². The number of piperidine rings is 1. The Kier molecular flexibility index (Phi) is 5.88. The lowest BCUT2D eigenvalue weighted by Crippen LogP contribution is -2.46. The monoisotopic (exact) mass is 394 g/mol. The summed E-state index contributed by atoms with van der Waals surface area (Å²) in [6.45, 7) is 7.55. The van der Waals surface area contributed by atoms with Crippen molar-refractivity contribution in [3.63, 3.8) is 0 Å². The van der Waals surface area contributed by atoms with E-state index in [0.29, 0.717) is 11.6 Å². The van der Waals surface area contributed by atoms with E-state index in [-0.39, 0.29) is 5.91 Å². The number of pyridine rings is 1. The molecule has 0 spiro atoms. The zero-order valence-electron chi connectivity index (χ0n) is 17.4. The molecule has 0 radical (unpaired) electrons. The molecule has 0 atom stereocenters. The van der Waals surface area contributed by atoms with Crippen LogP contribution in [0.3, 0.4) is 0 Å². The number of hydrogen-bond acceptors (Lipinski definition) is 5. The second-order valence-electron chi connectivity index (χ2n) is 8.02. The van der Waals surface area contributed by atoms with E-state index in [9.17, 15) is 4.79 Å². The van der Waals surface area contributed by atoms with Gasteiger partial charge in [0.25, 0.3) is 5.91 Å². The number of rotatable bonds is 4. The van der Waals surface area contributed by atoms with Gasteiger partial charge >= 0.3 is 0 Å². The minimum absolute atomic E-state index is 0.0615. The van der Waals surface area contributed by atoms with E-state index < -0.39 is 0 Å². The second kappa shape index (κ2) is 8.72. The molecule has 1 amide bonds. The van der Waals surface area contributed by atoms with Crippen molar-refractivity contribution in [2.75, 3.05) is 56.2 Å².